The van der Waals surface area contributed by atoms with E-state index in [2.05, 4.69) is 35.8 Å². The lowest BCUT2D eigenvalue weighted by Gasteiger charge is -2.28. The Bertz CT molecular complexity index is 186. The zero-order chi connectivity index (χ0) is 9.97. The molecular weight excluding hydrogens is 192 g/mol. The smallest absolute Gasteiger partial charge is 0.0197 e. The van der Waals surface area contributed by atoms with Crippen molar-refractivity contribution < 1.29 is 0 Å². The Balaban J connectivity index is 1.88. The second kappa shape index (κ2) is 4.86. The molecule has 82 valence electrons. The third kappa shape index (κ3) is 2.65. The molecule has 0 radical (unpaired) electrons. The van der Waals surface area contributed by atoms with E-state index in [1.165, 1.54) is 38.2 Å². The van der Waals surface area contributed by atoms with E-state index in [0.29, 0.717) is 6.04 Å². The molecule has 3 unspecified atom stereocenters. The zero-order valence-corrected chi connectivity index (χ0v) is 10.1. The van der Waals surface area contributed by atoms with Crippen LogP contribution in [0, 0.1) is 0 Å². The van der Waals surface area contributed by atoms with Crippen LogP contribution in [0.15, 0.2) is 0 Å². The molecular formula is C11H22N2S. The van der Waals surface area contributed by atoms with Gasteiger partial charge in [-0.25, -0.2) is 0 Å². The van der Waals surface area contributed by atoms with Crippen molar-refractivity contribution >= 4 is 11.8 Å². The largest absolute Gasteiger partial charge is 0.313 e. The van der Waals surface area contributed by atoms with Crippen LogP contribution < -0.4 is 5.32 Å². The summed E-state index contributed by atoms with van der Waals surface area (Å²) in [5.74, 6) is 1.36. The predicted molar refractivity (Wildman–Crippen MR) is 64.0 cm³/mol. The van der Waals surface area contributed by atoms with Crippen molar-refractivity contribution in [3.8, 4) is 0 Å². The average molecular weight is 214 g/mol. The first kappa shape index (κ1) is 10.8. The fraction of sp³-hybridized carbons (Fsp3) is 1.00. The van der Waals surface area contributed by atoms with Gasteiger partial charge in [0.05, 0.1) is 0 Å². The molecule has 3 atom stereocenters. The number of hydrogen-bond acceptors (Lipinski definition) is 3. The van der Waals surface area contributed by atoms with Crippen molar-refractivity contribution in [1.29, 1.82) is 0 Å². The highest BCUT2D eigenvalue weighted by atomic mass is 32.2. The highest BCUT2D eigenvalue weighted by Gasteiger charge is 2.28. The molecule has 2 rings (SSSR count). The van der Waals surface area contributed by atoms with Gasteiger partial charge in [0.15, 0.2) is 0 Å². The quantitative estimate of drug-likeness (QED) is 0.713. The molecule has 0 saturated carbocycles. The fourth-order valence-corrected chi connectivity index (χ4v) is 3.77. The van der Waals surface area contributed by atoms with Crippen LogP contribution in [0.4, 0.5) is 0 Å². The van der Waals surface area contributed by atoms with Crippen LogP contribution in [0.1, 0.15) is 26.7 Å². The highest BCUT2D eigenvalue weighted by molar-refractivity contribution is 8.00. The van der Waals surface area contributed by atoms with E-state index in [-0.39, 0.29) is 0 Å². The normalized spacial score (nSPS) is 41.1. The minimum Gasteiger partial charge on any atom is -0.313 e. The fourth-order valence-electron chi connectivity index (χ4n) is 2.52. The van der Waals surface area contributed by atoms with Gasteiger partial charge in [-0.1, -0.05) is 6.92 Å². The van der Waals surface area contributed by atoms with Crippen molar-refractivity contribution in [2.24, 2.45) is 0 Å². The van der Waals surface area contributed by atoms with Gasteiger partial charge in [-0.15, -0.1) is 0 Å². The van der Waals surface area contributed by atoms with Crippen LogP contribution in [0.25, 0.3) is 0 Å². The number of rotatable bonds is 1. The van der Waals surface area contributed by atoms with Crippen molar-refractivity contribution in [3.05, 3.63) is 0 Å². The van der Waals surface area contributed by atoms with Gasteiger partial charge in [0.1, 0.15) is 0 Å². The molecule has 3 heteroatoms. The molecule has 0 amide bonds. The van der Waals surface area contributed by atoms with Gasteiger partial charge < -0.3 is 5.32 Å². The number of thioether (sulfide) groups is 1. The van der Waals surface area contributed by atoms with Crippen LogP contribution >= 0.6 is 11.8 Å². The first-order valence-electron chi connectivity index (χ1n) is 5.84. The predicted octanol–water partition coefficient (Wildman–Crippen LogP) is 1.56. The summed E-state index contributed by atoms with van der Waals surface area (Å²) in [5.41, 5.74) is 0. The van der Waals surface area contributed by atoms with Gasteiger partial charge in [-0.3, -0.25) is 4.90 Å². The van der Waals surface area contributed by atoms with Gasteiger partial charge in [-0.2, -0.15) is 11.8 Å². The standard InChI is InChI=1S/C11H22N2S/c1-9-7-13(5-3-4-12-9)11-6-10(2)14-8-11/h9-12H,3-8H2,1-2H3. The van der Waals surface area contributed by atoms with E-state index < -0.39 is 0 Å². The van der Waals surface area contributed by atoms with Gasteiger partial charge in [-0.05, 0) is 32.9 Å². The summed E-state index contributed by atoms with van der Waals surface area (Å²) in [7, 11) is 0. The first-order chi connectivity index (χ1) is 6.75. The minimum atomic E-state index is 0.679. The second-order valence-corrected chi connectivity index (χ2v) is 6.21. The van der Waals surface area contributed by atoms with Crippen LogP contribution in [-0.2, 0) is 0 Å². The Morgan fingerprint density at radius 2 is 2.21 bits per heavy atom. The monoisotopic (exact) mass is 214 g/mol. The zero-order valence-electron chi connectivity index (χ0n) is 9.33. The summed E-state index contributed by atoms with van der Waals surface area (Å²) in [6, 6.07) is 1.54. The van der Waals surface area contributed by atoms with E-state index in [0.717, 1.165) is 11.3 Å². The maximum Gasteiger partial charge on any atom is 0.0197 e. The maximum atomic E-state index is 3.56. The summed E-state index contributed by atoms with van der Waals surface area (Å²) in [5, 5.41) is 4.44. The summed E-state index contributed by atoms with van der Waals surface area (Å²) in [4.78, 5) is 2.71. The van der Waals surface area contributed by atoms with Crippen molar-refractivity contribution in [3.63, 3.8) is 0 Å². The minimum absolute atomic E-state index is 0.679. The van der Waals surface area contributed by atoms with Gasteiger partial charge in [0.25, 0.3) is 0 Å². The lowest BCUT2D eigenvalue weighted by atomic mass is 10.1. The molecule has 0 aromatic carbocycles. The Morgan fingerprint density at radius 3 is 2.93 bits per heavy atom. The molecule has 0 aromatic rings. The summed E-state index contributed by atoms with van der Waals surface area (Å²) in [6.07, 6.45) is 2.72. The summed E-state index contributed by atoms with van der Waals surface area (Å²) < 4.78 is 0. The maximum absolute atomic E-state index is 3.56. The summed E-state index contributed by atoms with van der Waals surface area (Å²) >= 11 is 2.14. The lowest BCUT2D eigenvalue weighted by molar-refractivity contribution is 0.208. The Kier molecular flexibility index (Phi) is 3.74. The second-order valence-electron chi connectivity index (χ2n) is 4.74. The van der Waals surface area contributed by atoms with Crippen LogP contribution in [-0.4, -0.2) is 47.6 Å². The first-order valence-corrected chi connectivity index (χ1v) is 6.89. The van der Waals surface area contributed by atoms with E-state index in [1.807, 2.05) is 0 Å². The molecule has 2 fully saturated rings. The van der Waals surface area contributed by atoms with E-state index in [9.17, 15) is 0 Å². The Labute approximate surface area is 91.8 Å². The topological polar surface area (TPSA) is 15.3 Å². The van der Waals surface area contributed by atoms with Crippen LogP contribution in [0.5, 0.6) is 0 Å². The molecule has 2 aliphatic heterocycles. The SMILES string of the molecule is CC1CN(C2CSC(C)C2)CCCN1. The third-order valence-electron chi connectivity index (χ3n) is 3.32. The van der Waals surface area contributed by atoms with Crippen LogP contribution in [0.2, 0.25) is 0 Å². The Morgan fingerprint density at radius 1 is 1.36 bits per heavy atom. The molecule has 2 nitrogen and oxygen atoms in total. The number of hydrogen-bond donors (Lipinski definition) is 1. The van der Waals surface area contributed by atoms with Crippen LogP contribution in [0.3, 0.4) is 0 Å². The molecule has 0 spiro atoms. The number of nitrogens with one attached hydrogen (secondary N) is 1. The van der Waals surface area contributed by atoms with Crippen molar-refractivity contribution in [1.82, 2.24) is 10.2 Å². The molecule has 14 heavy (non-hydrogen) atoms. The molecule has 2 aliphatic rings. The van der Waals surface area contributed by atoms with E-state index in [1.54, 1.807) is 0 Å². The highest BCUT2D eigenvalue weighted by Crippen LogP contribution is 2.29. The summed E-state index contributed by atoms with van der Waals surface area (Å²) in [6.45, 7) is 8.42. The molecule has 0 bridgehead atoms. The molecule has 2 heterocycles. The Hall–Kier alpha value is 0.270. The van der Waals surface area contributed by atoms with E-state index >= 15 is 0 Å². The molecule has 0 aromatic heterocycles. The van der Waals surface area contributed by atoms with Gasteiger partial charge >= 0.3 is 0 Å². The van der Waals surface area contributed by atoms with Gasteiger partial charge in [0.2, 0.25) is 0 Å². The number of nitrogens with zero attached hydrogens (tertiary/aromatic N) is 1. The average Bonchev–Trinajstić information content (AvgIpc) is 2.45. The lowest BCUT2D eigenvalue weighted by Crippen LogP contribution is -2.41. The molecule has 2 saturated heterocycles. The molecule has 1 N–H and O–H groups in total. The molecule has 0 aliphatic carbocycles. The van der Waals surface area contributed by atoms with Crippen molar-refractivity contribution in [2.75, 3.05) is 25.4 Å². The van der Waals surface area contributed by atoms with Crippen molar-refractivity contribution in [2.45, 2.75) is 44.0 Å². The third-order valence-corrected chi connectivity index (χ3v) is 4.66. The van der Waals surface area contributed by atoms with E-state index in [4.69, 9.17) is 0 Å². The van der Waals surface area contributed by atoms with Gasteiger partial charge in [0, 0.05) is 29.6 Å².